The fourth-order valence-electron chi connectivity index (χ4n) is 1.26. The molecule has 0 unspecified atom stereocenters. The van der Waals surface area contributed by atoms with Gasteiger partial charge in [0.05, 0.1) is 12.3 Å². The number of hydrogen-bond acceptors (Lipinski definition) is 3. The molecule has 1 aromatic rings. The van der Waals surface area contributed by atoms with Crippen LogP contribution in [0.4, 0.5) is 0 Å². The summed E-state index contributed by atoms with van der Waals surface area (Å²) in [5, 5.41) is 3.08. The molecule has 0 spiro atoms. The van der Waals surface area contributed by atoms with Crippen LogP contribution in [0.3, 0.4) is 0 Å². The monoisotopic (exact) mass is 227 g/mol. The van der Waals surface area contributed by atoms with Gasteiger partial charge in [-0.2, -0.15) is 11.8 Å². The first-order valence-corrected chi connectivity index (χ1v) is 6.67. The number of nitrogens with one attached hydrogen (secondary N) is 1. The molecule has 0 bridgehead atoms. The average Bonchev–Trinajstić information content (AvgIpc) is 2.61. The second-order valence-corrected chi connectivity index (χ2v) is 5.24. The Kier molecular flexibility index (Phi) is 5.88. The zero-order valence-corrected chi connectivity index (χ0v) is 10.7. The van der Waals surface area contributed by atoms with E-state index in [1.165, 1.54) is 12.2 Å². The van der Waals surface area contributed by atoms with Crippen molar-refractivity contribution in [2.75, 3.05) is 12.8 Å². The molecule has 1 aromatic heterocycles. The van der Waals surface area contributed by atoms with Crippen LogP contribution in [0.5, 0.6) is 0 Å². The minimum Gasteiger partial charge on any atom is -0.464 e. The highest BCUT2D eigenvalue weighted by atomic mass is 32.2. The lowest BCUT2D eigenvalue weighted by Gasteiger charge is -2.02. The van der Waals surface area contributed by atoms with Crippen molar-refractivity contribution in [3.05, 3.63) is 23.7 Å². The molecule has 1 heterocycles. The normalized spacial score (nSPS) is 11.2. The van der Waals surface area contributed by atoms with Crippen molar-refractivity contribution >= 4 is 11.8 Å². The minimum absolute atomic E-state index is 0.800. The number of rotatable bonds is 7. The van der Waals surface area contributed by atoms with Gasteiger partial charge in [-0.1, -0.05) is 13.8 Å². The summed E-state index contributed by atoms with van der Waals surface area (Å²) in [5.41, 5.74) is 0. The Labute approximate surface area is 96.8 Å². The number of thioether (sulfide) groups is 1. The van der Waals surface area contributed by atoms with Crippen molar-refractivity contribution in [3.8, 4) is 0 Å². The van der Waals surface area contributed by atoms with Crippen LogP contribution in [0.1, 0.15) is 31.8 Å². The highest BCUT2D eigenvalue weighted by Gasteiger charge is 2.01. The third-order valence-electron chi connectivity index (χ3n) is 2.15. The van der Waals surface area contributed by atoms with E-state index in [0.29, 0.717) is 0 Å². The van der Waals surface area contributed by atoms with Gasteiger partial charge in [0, 0.05) is 0 Å². The molecule has 3 heteroatoms. The third-order valence-corrected chi connectivity index (χ3v) is 3.17. The van der Waals surface area contributed by atoms with Crippen molar-refractivity contribution in [1.29, 1.82) is 0 Å². The van der Waals surface area contributed by atoms with E-state index in [1.807, 2.05) is 18.8 Å². The van der Waals surface area contributed by atoms with E-state index in [1.54, 1.807) is 0 Å². The van der Waals surface area contributed by atoms with E-state index < -0.39 is 0 Å². The topological polar surface area (TPSA) is 25.2 Å². The molecule has 0 radical (unpaired) electrons. The molecule has 86 valence electrons. The minimum atomic E-state index is 0.800. The molecule has 1 N–H and O–H groups in total. The summed E-state index contributed by atoms with van der Waals surface area (Å²) in [6, 6.07) is 4.13. The molecule has 1 rings (SSSR count). The van der Waals surface area contributed by atoms with Gasteiger partial charge in [0.25, 0.3) is 0 Å². The van der Waals surface area contributed by atoms with Gasteiger partial charge in [-0.15, -0.1) is 0 Å². The molecule has 0 aliphatic carbocycles. The van der Waals surface area contributed by atoms with E-state index in [-0.39, 0.29) is 0 Å². The number of furan rings is 1. The first kappa shape index (κ1) is 12.7. The van der Waals surface area contributed by atoms with E-state index in [2.05, 4.69) is 31.3 Å². The molecular weight excluding hydrogens is 206 g/mol. The molecule has 0 atom stereocenters. The summed E-state index contributed by atoms with van der Waals surface area (Å²) in [4.78, 5) is 0. The van der Waals surface area contributed by atoms with E-state index in [9.17, 15) is 0 Å². The Balaban J connectivity index is 2.19. The first-order valence-electron chi connectivity index (χ1n) is 5.52. The van der Waals surface area contributed by atoms with Crippen molar-refractivity contribution in [1.82, 2.24) is 5.32 Å². The van der Waals surface area contributed by atoms with Crippen LogP contribution in [-0.4, -0.2) is 12.8 Å². The van der Waals surface area contributed by atoms with Crippen molar-refractivity contribution < 1.29 is 4.42 Å². The van der Waals surface area contributed by atoms with Crippen LogP contribution >= 0.6 is 11.8 Å². The molecule has 15 heavy (non-hydrogen) atoms. The molecule has 2 nitrogen and oxygen atoms in total. The SMILES string of the molecule is CNCc1ccc(CSCCC(C)C)o1. The van der Waals surface area contributed by atoms with E-state index >= 15 is 0 Å². The van der Waals surface area contributed by atoms with Crippen LogP contribution in [0.25, 0.3) is 0 Å². The maximum atomic E-state index is 5.65. The lowest BCUT2D eigenvalue weighted by Crippen LogP contribution is -2.03. The van der Waals surface area contributed by atoms with Crippen LogP contribution in [0.15, 0.2) is 16.5 Å². The van der Waals surface area contributed by atoms with Gasteiger partial charge in [0.1, 0.15) is 11.5 Å². The fourth-order valence-corrected chi connectivity index (χ4v) is 2.40. The quantitative estimate of drug-likeness (QED) is 0.724. The molecule has 0 saturated carbocycles. The van der Waals surface area contributed by atoms with Crippen molar-refractivity contribution in [3.63, 3.8) is 0 Å². The zero-order chi connectivity index (χ0) is 11.1. The van der Waals surface area contributed by atoms with Gasteiger partial charge >= 0.3 is 0 Å². The highest BCUT2D eigenvalue weighted by molar-refractivity contribution is 7.98. The third kappa shape index (κ3) is 5.28. The molecule has 0 aliphatic rings. The molecule has 0 aromatic carbocycles. The molecule has 0 amide bonds. The number of hydrogen-bond donors (Lipinski definition) is 1. The predicted octanol–water partition coefficient (Wildman–Crippen LogP) is 3.28. The van der Waals surface area contributed by atoms with E-state index in [0.717, 1.165) is 29.7 Å². The molecular formula is C12H21NOS. The smallest absolute Gasteiger partial charge is 0.117 e. The Morgan fingerprint density at radius 1 is 1.33 bits per heavy atom. The second kappa shape index (κ2) is 6.96. The average molecular weight is 227 g/mol. The maximum absolute atomic E-state index is 5.65. The Hall–Kier alpha value is -0.410. The molecule has 0 fully saturated rings. The molecule has 0 aliphatic heterocycles. The fraction of sp³-hybridized carbons (Fsp3) is 0.667. The zero-order valence-electron chi connectivity index (χ0n) is 9.88. The summed E-state index contributed by atoms with van der Waals surface area (Å²) in [5.74, 6) is 5.14. The highest BCUT2D eigenvalue weighted by Crippen LogP contribution is 2.17. The Bertz CT molecular complexity index is 270. The van der Waals surface area contributed by atoms with Crippen LogP contribution < -0.4 is 5.32 Å². The first-order chi connectivity index (χ1) is 7.22. The Morgan fingerprint density at radius 2 is 2.07 bits per heavy atom. The second-order valence-electron chi connectivity index (χ2n) is 4.13. The largest absolute Gasteiger partial charge is 0.464 e. The van der Waals surface area contributed by atoms with E-state index in [4.69, 9.17) is 4.42 Å². The summed E-state index contributed by atoms with van der Waals surface area (Å²) in [6.07, 6.45) is 1.29. The lowest BCUT2D eigenvalue weighted by atomic mass is 10.2. The summed E-state index contributed by atoms with van der Waals surface area (Å²) >= 11 is 1.95. The molecule has 0 saturated heterocycles. The van der Waals surface area contributed by atoms with Crippen molar-refractivity contribution in [2.45, 2.75) is 32.6 Å². The summed E-state index contributed by atoms with van der Waals surface area (Å²) in [6.45, 7) is 5.34. The van der Waals surface area contributed by atoms with Gasteiger partial charge in [-0.25, -0.2) is 0 Å². The van der Waals surface area contributed by atoms with Crippen molar-refractivity contribution in [2.24, 2.45) is 5.92 Å². The van der Waals surface area contributed by atoms with Gasteiger partial charge in [-0.05, 0) is 37.3 Å². The van der Waals surface area contributed by atoms with Crippen LogP contribution in [0.2, 0.25) is 0 Å². The van der Waals surface area contributed by atoms with Gasteiger partial charge < -0.3 is 9.73 Å². The lowest BCUT2D eigenvalue weighted by molar-refractivity contribution is 0.469. The maximum Gasteiger partial charge on any atom is 0.117 e. The Morgan fingerprint density at radius 3 is 2.73 bits per heavy atom. The van der Waals surface area contributed by atoms with Gasteiger partial charge in [0.2, 0.25) is 0 Å². The standard InChI is InChI=1S/C12H21NOS/c1-10(2)6-7-15-9-12-5-4-11(14-12)8-13-3/h4-5,10,13H,6-9H2,1-3H3. The van der Waals surface area contributed by atoms with Gasteiger partial charge in [0.15, 0.2) is 0 Å². The van der Waals surface area contributed by atoms with Crippen LogP contribution in [0, 0.1) is 5.92 Å². The van der Waals surface area contributed by atoms with Gasteiger partial charge in [-0.3, -0.25) is 0 Å². The summed E-state index contributed by atoms with van der Waals surface area (Å²) in [7, 11) is 1.93. The van der Waals surface area contributed by atoms with Crippen LogP contribution in [-0.2, 0) is 12.3 Å². The predicted molar refractivity (Wildman–Crippen MR) is 67.1 cm³/mol. The summed E-state index contributed by atoms with van der Waals surface area (Å²) < 4.78 is 5.65.